The van der Waals surface area contributed by atoms with Crippen LogP contribution < -0.4 is 20.1 Å². The van der Waals surface area contributed by atoms with Crippen molar-refractivity contribution in [1.29, 1.82) is 0 Å². The van der Waals surface area contributed by atoms with Gasteiger partial charge in [-0.05, 0) is 31.0 Å². The van der Waals surface area contributed by atoms with Crippen molar-refractivity contribution in [3.05, 3.63) is 35.2 Å². The number of fused-ring (bicyclic) bond motifs is 1. The summed E-state index contributed by atoms with van der Waals surface area (Å²) in [4.78, 5) is 12.6. The van der Waals surface area contributed by atoms with Gasteiger partial charge in [-0.1, -0.05) is 0 Å². The van der Waals surface area contributed by atoms with E-state index < -0.39 is 10.0 Å². The SMILES string of the molecule is COc1ccc(NC(=O)c2n[nH]c3c2CNCC3)cc1S(=O)(=O)NC1CC1. The van der Waals surface area contributed by atoms with Crippen LogP contribution in [-0.2, 0) is 23.0 Å². The highest BCUT2D eigenvalue weighted by Crippen LogP contribution is 2.30. The number of benzene rings is 1. The molecule has 2 aromatic rings. The summed E-state index contributed by atoms with van der Waals surface area (Å²) in [6, 6.07) is 4.50. The number of rotatable bonds is 6. The van der Waals surface area contributed by atoms with E-state index in [0.717, 1.165) is 37.1 Å². The van der Waals surface area contributed by atoms with Crippen LogP contribution in [0, 0.1) is 0 Å². The molecule has 0 saturated heterocycles. The minimum Gasteiger partial charge on any atom is -0.495 e. The molecule has 0 unspecified atom stereocenters. The largest absolute Gasteiger partial charge is 0.495 e. The molecule has 1 fully saturated rings. The molecule has 0 atom stereocenters. The van der Waals surface area contributed by atoms with Crippen LogP contribution >= 0.6 is 0 Å². The van der Waals surface area contributed by atoms with Gasteiger partial charge in [0.15, 0.2) is 5.69 Å². The Balaban J connectivity index is 1.60. The van der Waals surface area contributed by atoms with Gasteiger partial charge in [-0.25, -0.2) is 13.1 Å². The Labute approximate surface area is 156 Å². The summed E-state index contributed by atoms with van der Waals surface area (Å²) < 4.78 is 33.0. The number of aromatic amines is 1. The third-order valence-corrected chi connectivity index (χ3v) is 6.17. The number of H-pyrrole nitrogens is 1. The van der Waals surface area contributed by atoms with E-state index in [-0.39, 0.29) is 22.6 Å². The Kier molecular flexibility index (Phi) is 4.62. The van der Waals surface area contributed by atoms with Crippen molar-refractivity contribution in [2.75, 3.05) is 19.0 Å². The Morgan fingerprint density at radius 3 is 2.89 bits per heavy atom. The van der Waals surface area contributed by atoms with Gasteiger partial charge in [0, 0.05) is 42.5 Å². The van der Waals surface area contributed by atoms with Crippen LogP contribution in [0.1, 0.15) is 34.6 Å². The number of hydrogen-bond donors (Lipinski definition) is 4. The second kappa shape index (κ2) is 6.95. The molecule has 0 radical (unpaired) electrons. The van der Waals surface area contributed by atoms with Crippen molar-refractivity contribution in [1.82, 2.24) is 20.2 Å². The Bertz CT molecular complexity index is 981. The highest BCUT2D eigenvalue weighted by molar-refractivity contribution is 7.89. The summed E-state index contributed by atoms with van der Waals surface area (Å²) in [5.41, 5.74) is 2.46. The topological polar surface area (TPSA) is 125 Å². The van der Waals surface area contributed by atoms with Gasteiger partial charge in [0.05, 0.1) is 7.11 Å². The number of amides is 1. The minimum atomic E-state index is -3.72. The first-order valence-corrected chi connectivity index (χ1v) is 10.2. The Morgan fingerprint density at radius 1 is 1.33 bits per heavy atom. The van der Waals surface area contributed by atoms with Crippen LogP contribution in [0.5, 0.6) is 5.75 Å². The van der Waals surface area contributed by atoms with Crippen molar-refractivity contribution in [3.8, 4) is 5.75 Å². The molecule has 1 amide bonds. The van der Waals surface area contributed by atoms with Crippen molar-refractivity contribution in [2.24, 2.45) is 0 Å². The maximum absolute atomic E-state index is 12.6. The van der Waals surface area contributed by atoms with E-state index in [4.69, 9.17) is 4.74 Å². The first-order valence-electron chi connectivity index (χ1n) is 8.76. The van der Waals surface area contributed by atoms with E-state index in [1.165, 1.54) is 19.2 Å². The molecule has 0 spiro atoms. The summed E-state index contributed by atoms with van der Waals surface area (Å²) in [5, 5.41) is 13.0. The van der Waals surface area contributed by atoms with Gasteiger partial charge < -0.3 is 15.4 Å². The zero-order chi connectivity index (χ0) is 19.0. The Hall–Kier alpha value is -2.43. The number of ether oxygens (including phenoxy) is 1. The van der Waals surface area contributed by atoms with Crippen molar-refractivity contribution in [2.45, 2.75) is 36.7 Å². The molecule has 4 N–H and O–H groups in total. The smallest absolute Gasteiger partial charge is 0.276 e. The van der Waals surface area contributed by atoms with Crippen LogP contribution in [0.4, 0.5) is 5.69 Å². The van der Waals surface area contributed by atoms with E-state index in [9.17, 15) is 13.2 Å². The molecule has 1 aromatic heterocycles. The molecule has 1 aliphatic heterocycles. The lowest BCUT2D eigenvalue weighted by molar-refractivity contribution is 0.102. The predicted octanol–water partition coefficient (Wildman–Crippen LogP) is 0.757. The molecule has 27 heavy (non-hydrogen) atoms. The lowest BCUT2D eigenvalue weighted by atomic mass is 10.1. The fraction of sp³-hybridized carbons (Fsp3) is 0.412. The fourth-order valence-corrected chi connectivity index (χ4v) is 4.55. The van der Waals surface area contributed by atoms with E-state index in [2.05, 4.69) is 25.6 Å². The molecule has 2 aliphatic rings. The highest BCUT2D eigenvalue weighted by atomic mass is 32.2. The fourth-order valence-electron chi connectivity index (χ4n) is 3.05. The number of carbonyl (C=O) groups is 1. The number of carbonyl (C=O) groups excluding carboxylic acids is 1. The number of nitrogens with zero attached hydrogens (tertiary/aromatic N) is 1. The first-order chi connectivity index (χ1) is 13.0. The molecule has 144 valence electrons. The third kappa shape index (κ3) is 3.68. The van der Waals surface area contributed by atoms with Crippen LogP contribution in [-0.4, -0.2) is 44.2 Å². The molecule has 2 heterocycles. The van der Waals surface area contributed by atoms with E-state index in [1.807, 2.05) is 0 Å². The number of aromatic nitrogens is 2. The molecule has 9 nitrogen and oxygen atoms in total. The molecule has 10 heteroatoms. The van der Waals surface area contributed by atoms with Gasteiger partial charge in [-0.2, -0.15) is 5.10 Å². The third-order valence-electron chi connectivity index (χ3n) is 4.63. The van der Waals surface area contributed by atoms with Gasteiger partial charge in [-0.15, -0.1) is 0 Å². The second-order valence-corrected chi connectivity index (χ2v) is 8.35. The Morgan fingerprint density at radius 2 is 2.15 bits per heavy atom. The summed E-state index contributed by atoms with van der Waals surface area (Å²) in [6.07, 6.45) is 2.44. The summed E-state index contributed by atoms with van der Waals surface area (Å²) >= 11 is 0. The predicted molar refractivity (Wildman–Crippen MR) is 98.3 cm³/mol. The number of anilines is 1. The van der Waals surface area contributed by atoms with Gasteiger partial charge in [-0.3, -0.25) is 9.89 Å². The summed E-state index contributed by atoms with van der Waals surface area (Å²) in [7, 11) is -2.31. The maximum Gasteiger partial charge on any atom is 0.276 e. The van der Waals surface area contributed by atoms with Crippen LogP contribution in [0.2, 0.25) is 0 Å². The lowest BCUT2D eigenvalue weighted by Gasteiger charge is -2.14. The zero-order valence-corrected chi connectivity index (χ0v) is 15.6. The molecular weight excluding hydrogens is 370 g/mol. The second-order valence-electron chi connectivity index (χ2n) is 6.67. The van der Waals surface area contributed by atoms with Crippen molar-refractivity contribution >= 4 is 21.6 Å². The highest BCUT2D eigenvalue weighted by Gasteiger charge is 2.30. The monoisotopic (exact) mass is 391 g/mol. The number of methoxy groups -OCH3 is 1. The molecule has 0 bridgehead atoms. The van der Waals surface area contributed by atoms with Crippen LogP contribution in [0.25, 0.3) is 0 Å². The van der Waals surface area contributed by atoms with Crippen molar-refractivity contribution < 1.29 is 17.9 Å². The average Bonchev–Trinajstić information content (AvgIpc) is 3.35. The number of sulfonamides is 1. The van der Waals surface area contributed by atoms with E-state index >= 15 is 0 Å². The van der Waals surface area contributed by atoms with E-state index in [1.54, 1.807) is 6.07 Å². The molecule has 4 rings (SSSR count). The van der Waals surface area contributed by atoms with Crippen LogP contribution in [0.3, 0.4) is 0 Å². The van der Waals surface area contributed by atoms with Gasteiger partial charge in [0.1, 0.15) is 10.6 Å². The maximum atomic E-state index is 12.6. The van der Waals surface area contributed by atoms with Gasteiger partial charge >= 0.3 is 0 Å². The van der Waals surface area contributed by atoms with Crippen LogP contribution in [0.15, 0.2) is 23.1 Å². The quantitative estimate of drug-likeness (QED) is 0.576. The van der Waals surface area contributed by atoms with Crippen molar-refractivity contribution in [3.63, 3.8) is 0 Å². The molecule has 1 aliphatic carbocycles. The number of nitrogens with one attached hydrogen (secondary N) is 4. The molecule has 1 aromatic carbocycles. The first kappa shape index (κ1) is 18.0. The van der Waals surface area contributed by atoms with Gasteiger partial charge in [0.2, 0.25) is 10.0 Å². The molecule has 1 saturated carbocycles. The van der Waals surface area contributed by atoms with E-state index in [0.29, 0.717) is 17.9 Å². The minimum absolute atomic E-state index is 0.000392. The standard InChI is InChI=1S/C17H21N5O4S/c1-26-14-5-4-11(8-15(14)27(24,25)22-10-2-3-10)19-17(23)16-12-9-18-7-6-13(12)20-21-16/h4-5,8,10,18,22H,2-3,6-7,9H2,1H3,(H,19,23)(H,20,21). The zero-order valence-electron chi connectivity index (χ0n) is 14.8. The average molecular weight is 391 g/mol. The summed E-state index contributed by atoms with van der Waals surface area (Å²) in [6.45, 7) is 1.41. The normalized spacial score (nSPS) is 16.6. The number of hydrogen-bond acceptors (Lipinski definition) is 6. The summed E-state index contributed by atoms with van der Waals surface area (Å²) in [5.74, 6) is -0.164. The lowest BCUT2D eigenvalue weighted by Crippen LogP contribution is -2.26. The molecular formula is C17H21N5O4S. The van der Waals surface area contributed by atoms with Gasteiger partial charge in [0.25, 0.3) is 5.91 Å².